The molecular formula is C10H10N2O3S. The Labute approximate surface area is 96.1 Å². The van der Waals surface area contributed by atoms with Crippen LogP contribution in [0, 0.1) is 6.92 Å². The molecule has 0 saturated heterocycles. The molecular weight excluding hydrogens is 228 g/mol. The largest absolute Gasteiger partial charge is 0.461 e. The number of rotatable bonds is 3. The fraction of sp³-hybridized carbons (Fsp3) is 0.300. The number of carbonyl (C=O) groups excluding carboxylic acids is 1. The summed E-state index contributed by atoms with van der Waals surface area (Å²) in [7, 11) is 0. The number of aryl methyl sites for hydroxylation is 1. The van der Waals surface area contributed by atoms with Crippen LogP contribution in [-0.2, 0) is 4.74 Å². The number of esters is 1. The fourth-order valence-electron chi connectivity index (χ4n) is 1.28. The van der Waals surface area contributed by atoms with E-state index in [4.69, 9.17) is 9.15 Å². The average Bonchev–Trinajstić information content (AvgIpc) is 2.85. The summed E-state index contributed by atoms with van der Waals surface area (Å²) in [4.78, 5) is 20.5. The number of oxazole rings is 1. The highest BCUT2D eigenvalue weighted by molar-refractivity contribution is 7.10. The summed E-state index contributed by atoms with van der Waals surface area (Å²) in [5, 5.41) is 0. The Morgan fingerprint density at radius 1 is 1.56 bits per heavy atom. The van der Waals surface area contributed by atoms with Gasteiger partial charge in [-0.2, -0.15) is 0 Å². The van der Waals surface area contributed by atoms with Crippen LogP contribution in [0.15, 0.2) is 16.3 Å². The first-order chi connectivity index (χ1) is 7.74. The van der Waals surface area contributed by atoms with Crippen molar-refractivity contribution in [2.24, 2.45) is 0 Å². The SMILES string of the molecule is CCOC(=O)c1ncoc1-c1ncsc1C. The maximum Gasteiger partial charge on any atom is 0.361 e. The molecule has 0 unspecified atom stereocenters. The van der Waals surface area contributed by atoms with Crippen molar-refractivity contribution in [2.45, 2.75) is 13.8 Å². The molecule has 2 heterocycles. The monoisotopic (exact) mass is 238 g/mol. The molecule has 0 spiro atoms. The lowest BCUT2D eigenvalue weighted by molar-refractivity contribution is 0.0520. The Morgan fingerprint density at radius 2 is 2.38 bits per heavy atom. The third-order valence-electron chi connectivity index (χ3n) is 2.00. The van der Waals surface area contributed by atoms with Crippen LogP contribution in [0.25, 0.3) is 11.5 Å². The number of hydrogen-bond acceptors (Lipinski definition) is 6. The van der Waals surface area contributed by atoms with Crippen LogP contribution in [0.4, 0.5) is 0 Å². The minimum absolute atomic E-state index is 0.177. The number of aromatic nitrogens is 2. The number of thiazole rings is 1. The normalized spacial score (nSPS) is 10.4. The first-order valence-electron chi connectivity index (χ1n) is 4.75. The molecule has 2 aromatic rings. The van der Waals surface area contributed by atoms with E-state index in [9.17, 15) is 4.79 Å². The Bertz CT molecular complexity index is 504. The van der Waals surface area contributed by atoms with Gasteiger partial charge < -0.3 is 9.15 Å². The van der Waals surface area contributed by atoms with Crippen LogP contribution in [-0.4, -0.2) is 22.5 Å². The molecule has 0 aliphatic carbocycles. The molecule has 0 aliphatic rings. The first-order valence-corrected chi connectivity index (χ1v) is 5.63. The van der Waals surface area contributed by atoms with E-state index in [2.05, 4.69) is 9.97 Å². The minimum Gasteiger partial charge on any atom is -0.461 e. The van der Waals surface area contributed by atoms with Gasteiger partial charge in [-0.3, -0.25) is 0 Å². The smallest absolute Gasteiger partial charge is 0.361 e. The van der Waals surface area contributed by atoms with Crippen molar-refractivity contribution < 1.29 is 13.9 Å². The number of hydrogen-bond donors (Lipinski definition) is 0. The third kappa shape index (κ3) is 1.83. The molecule has 16 heavy (non-hydrogen) atoms. The topological polar surface area (TPSA) is 65.2 Å². The predicted molar refractivity (Wildman–Crippen MR) is 58.3 cm³/mol. The van der Waals surface area contributed by atoms with Crippen LogP contribution in [0.3, 0.4) is 0 Å². The van der Waals surface area contributed by atoms with E-state index >= 15 is 0 Å². The Kier molecular flexibility index (Phi) is 3.00. The van der Waals surface area contributed by atoms with Gasteiger partial charge in [0.1, 0.15) is 5.69 Å². The molecule has 6 heteroatoms. The van der Waals surface area contributed by atoms with Gasteiger partial charge in [-0.1, -0.05) is 0 Å². The van der Waals surface area contributed by atoms with Gasteiger partial charge in [0.15, 0.2) is 17.8 Å². The van der Waals surface area contributed by atoms with E-state index in [-0.39, 0.29) is 5.69 Å². The highest BCUT2D eigenvalue weighted by Crippen LogP contribution is 2.27. The molecule has 0 atom stereocenters. The number of nitrogens with zero attached hydrogens (tertiary/aromatic N) is 2. The van der Waals surface area contributed by atoms with E-state index in [0.717, 1.165) is 4.88 Å². The summed E-state index contributed by atoms with van der Waals surface area (Å²) in [6.07, 6.45) is 1.22. The summed E-state index contributed by atoms with van der Waals surface area (Å²) in [5.74, 6) is -0.115. The van der Waals surface area contributed by atoms with E-state index in [1.54, 1.807) is 12.4 Å². The van der Waals surface area contributed by atoms with Crippen LogP contribution in [0.5, 0.6) is 0 Å². The maximum atomic E-state index is 11.6. The molecule has 0 aromatic carbocycles. The van der Waals surface area contributed by atoms with E-state index < -0.39 is 5.97 Å². The van der Waals surface area contributed by atoms with Crippen molar-refractivity contribution >= 4 is 17.3 Å². The van der Waals surface area contributed by atoms with Crippen molar-refractivity contribution in [3.05, 3.63) is 22.5 Å². The molecule has 2 rings (SSSR count). The number of ether oxygens (including phenoxy) is 1. The lowest BCUT2D eigenvalue weighted by Gasteiger charge is -1.99. The summed E-state index contributed by atoms with van der Waals surface area (Å²) >= 11 is 1.49. The Morgan fingerprint density at radius 3 is 3.00 bits per heavy atom. The summed E-state index contributed by atoms with van der Waals surface area (Å²) < 4.78 is 10.1. The van der Waals surface area contributed by atoms with Gasteiger partial charge in [-0.15, -0.1) is 11.3 Å². The molecule has 0 N–H and O–H groups in total. The quantitative estimate of drug-likeness (QED) is 0.767. The number of carbonyl (C=O) groups is 1. The minimum atomic E-state index is -0.487. The lowest BCUT2D eigenvalue weighted by Crippen LogP contribution is -2.06. The molecule has 5 nitrogen and oxygen atoms in total. The maximum absolute atomic E-state index is 11.6. The zero-order valence-electron chi connectivity index (χ0n) is 8.89. The summed E-state index contributed by atoms with van der Waals surface area (Å²) in [6, 6.07) is 0. The second-order valence-corrected chi connectivity index (χ2v) is 4.07. The molecule has 0 amide bonds. The van der Waals surface area contributed by atoms with Crippen LogP contribution in [0.1, 0.15) is 22.3 Å². The molecule has 0 aliphatic heterocycles. The van der Waals surface area contributed by atoms with Crippen molar-refractivity contribution in [1.29, 1.82) is 0 Å². The molecule has 0 radical (unpaired) electrons. The zero-order valence-corrected chi connectivity index (χ0v) is 9.71. The van der Waals surface area contributed by atoms with E-state index in [1.807, 2.05) is 6.92 Å². The molecule has 0 bridgehead atoms. The highest BCUT2D eigenvalue weighted by atomic mass is 32.1. The van der Waals surface area contributed by atoms with Crippen molar-refractivity contribution in [3.63, 3.8) is 0 Å². The Balaban J connectivity index is 2.40. The van der Waals surface area contributed by atoms with Crippen molar-refractivity contribution in [1.82, 2.24) is 9.97 Å². The van der Waals surface area contributed by atoms with Gasteiger partial charge in [-0.25, -0.2) is 14.8 Å². The predicted octanol–water partition coefficient (Wildman–Crippen LogP) is 2.28. The molecule has 84 valence electrons. The van der Waals surface area contributed by atoms with Gasteiger partial charge in [0.05, 0.1) is 12.1 Å². The lowest BCUT2D eigenvalue weighted by atomic mass is 10.2. The standard InChI is InChI=1S/C10H10N2O3S/c1-3-14-10(13)8-9(15-4-11-8)7-6(2)16-5-12-7/h4-5H,3H2,1-2H3. The Hall–Kier alpha value is -1.69. The highest BCUT2D eigenvalue weighted by Gasteiger charge is 2.22. The van der Waals surface area contributed by atoms with Crippen molar-refractivity contribution in [3.8, 4) is 11.5 Å². The fourth-order valence-corrected chi connectivity index (χ4v) is 1.86. The first kappa shape index (κ1) is 10.8. The second-order valence-electron chi connectivity index (χ2n) is 3.01. The van der Waals surface area contributed by atoms with Gasteiger partial charge in [0.25, 0.3) is 0 Å². The molecule has 2 aromatic heterocycles. The van der Waals surface area contributed by atoms with Crippen LogP contribution >= 0.6 is 11.3 Å². The van der Waals surface area contributed by atoms with E-state index in [1.165, 1.54) is 17.7 Å². The average molecular weight is 238 g/mol. The van der Waals surface area contributed by atoms with Crippen LogP contribution < -0.4 is 0 Å². The van der Waals surface area contributed by atoms with Crippen molar-refractivity contribution in [2.75, 3.05) is 6.61 Å². The van der Waals surface area contributed by atoms with Crippen LogP contribution in [0.2, 0.25) is 0 Å². The molecule has 0 saturated carbocycles. The molecule has 0 fully saturated rings. The second kappa shape index (κ2) is 4.44. The zero-order chi connectivity index (χ0) is 11.5. The van der Waals surface area contributed by atoms with Gasteiger partial charge in [-0.05, 0) is 13.8 Å². The van der Waals surface area contributed by atoms with E-state index in [0.29, 0.717) is 18.1 Å². The van der Waals surface area contributed by atoms with Gasteiger partial charge in [0, 0.05) is 4.88 Å². The van der Waals surface area contributed by atoms with Gasteiger partial charge in [0.2, 0.25) is 0 Å². The third-order valence-corrected chi connectivity index (χ3v) is 2.75. The summed E-state index contributed by atoms with van der Waals surface area (Å²) in [6.45, 7) is 3.96. The summed E-state index contributed by atoms with van der Waals surface area (Å²) in [5.41, 5.74) is 2.52. The van der Waals surface area contributed by atoms with Gasteiger partial charge >= 0.3 is 5.97 Å².